The first-order valence-corrected chi connectivity index (χ1v) is 10.2. The van der Waals surface area contributed by atoms with Crippen molar-refractivity contribution in [2.45, 2.75) is 19.3 Å². The molecule has 0 unspecified atom stereocenters. The van der Waals surface area contributed by atoms with Crippen LogP contribution in [0.2, 0.25) is 5.02 Å². The lowest BCUT2D eigenvalue weighted by molar-refractivity contribution is -0.116. The third-order valence-electron chi connectivity index (χ3n) is 4.20. The van der Waals surface area contributed by atoms with Gasteiger partial charge in [0, 0.05) is 23.7 Å². The van der Waals surface area contributed by atoms with E-state index < -0.39 is 10.0 Å². The number of nitrogens with zero attached hydrogens (tertiary/aromatic N) is 1. The summed E-state index contributed by atoms with van der Waals surface area (Å²) in [6, 6.07) is 12.8. The number of hydrogen-bond donors (Lipinski definition) is 1. The van der Waals surface area contributed by atoms with E-state index in [2.05, 4.69) is 5.32 Å². The fourth-order valence-corrected chi connectivity index (χ4v) is 4.13. The van der Waals surface area contributed by atoms with E-state index in [-0.39, 0.29) is 5.91 Å². The zero-order valence-electron chi connectivity index (χ0n) is 13.8. The average Bonchev–Trinajstić information content (AvgIpc) is 2.97. The van der Waals surface area contributed by atoms with Crippen LogP contribution < -0.4 is 9.62 Å². The summed E-state index contributed by atoms with van der Waals surface area (Å²) in [6.07, 6.45) is 2.72. The summed E-state index contributed by atoms with van der Waals surface area (Å²) in [6.45, 7) is 0.443. The number of amides is 1. The molecule has 3 rings (SSSR count). The summed E-state index contributed by atoms with van der Waals surface area (Å²) >= 11 is 6.10. The maximum atomic E-state index is 12.2. The molecule has 0 saturated heterocycles. The minimum absolute atomic E-state index is 0.135. The number of anilines is 2. The molecular weight excluding hydrogens is 360 g/mol. The van der Waals surface area contributed by atoms with Crippen LogP contribution in [0.3, 0.4) is 0 Å². The number of nitrogens with one attached hydrogen (secondary N) is 1. The standard InChI is InChI=1S/C18H19ClN2O3S/c1-25(23,24)21-11-10-14-6-8-15(12-17(14)21)20-18(22)9-7-13-4-2-3-5-16(13)19/h2-6,8,12H,7,9-11H2,1H3,(H,20,22). The number of fused-ring (bicyclic) bond motifs is 1. The van der Waals surface area contributed by atoms with Gasteiger partial charge in [0.15, 0.2) is 0 Å². The van der Waals surface area contributed by atoms with Gasteiger partial charge >= 0.3 is 0 Å². The van der Waals surface area contributed by atoms with E-state index in [0.717, 1.165) is 11.1 Å². The van der Waals surface area contributed by atoms with Gasteiger partial charge in [0.2, 0.25) is 15.9 Å². The number of carbonyl (C=O) groups excluding carboxylic acids is 1. The van der Waals surface area contributed by atoms with Gasteiger partial charge in [0.1, 0.15) is 0 Å². The van der Waals surface area contributed by atoms with Crippen molar-refractivity contribution in [3.63, 3.8) is 0 Å². The molecule has 1 aliphatic rings. The second kappa shape index (κ2) is 7.06. The van der Waals surface area contributed by atoms with Crippen LogP contribution >= 0.6 is 11.6 Å². The van der Waals surface area contributed by atoms with Gasteiger partial charge in [-0.3, -0.25) is 9.10 Å². The van der Waals surface area contributed by atoms with Crippen molar-refractivity contribution in [1.82, 2.24) is 0 Å². The molecule has 0 bridgehead atoms. The SMILES string of the molecule is CS(=O)(=O)N1CCc2ccc(NC(=O)CCc3ccccc3Cl)cc21. The monoisotopic (exact) mass is 378 g/mol. The number of carbonyl (C=O) groups is 1. The third-order valence-corrected chi connectivity index (χ3v) is 5.75. The molecule has 0 spiro atoms. The van der Waals surface area contributed by atoms with Gasteiger partial charge in [-0.1, -0.05) is 35.9 Å². The Hall–Kier alpha value is -2.05. The molecule has 2 aromatic rings. The molecule has 132 valence electrons. The van der Waals surface area contributed by atoms with E-state index >= 15 is 0 Å². The first-order chi connectivity index (χ1) is 11.8. The van der Waals surface area contributed by atoms with Gasteiger partial charge in [-0.2, -0.15) is 0 Å². The van der Waals surface area contributed by atoms with Gasteiger partial charge in [0.05, 0.1) is 11.9 Å². The predicted molar refractivity (Wildman–Crippen MR) is 101 cm³/mol. The fourth-order valence-electron chi connectivity index (χ4n) is 2.94. The van der Waals surface area contributed by atoms with Gasteiger partial charge < -0.3 is 5.32 Å². The van der Waals surface area contributed by atoms with Crippen LogP contribution in [0.5, 0.6) is 0 Å². The van der Waals surface area contributed by atoms with Gasteiger partial charge in [0.25, 0.3) is 0 Å². The Labute approximate surface area is 152 Å². The van der Waals surface area contributed by atoms with E-state index in [4.69, 9.17) is 11.6 Å². The molecule has 1 aliphatic heterocycles. The maximum Gasteiger partial charge on any atom is 0.232 e. The Morgan fingerprint density at radius 1 is 1.24 bits per heavy atom. The van der Waals surface area contributed by atoms with E-state index in [1.165, 1.54) is 10.6 Å². The summed E-state index contributed by atoms with van der Waals surface area (Å²) < 4.78 is 25.1. The Morgan fingerprint density at radius 2 is 2.00 bits per heavy atom. The first-order valence-electron chi connectivity index (χ1n) is 7.98. The fraction of sp³-hybridized carbons (Fsp3) is 0.278. The van der Waals surface area contributed by atoms with Crippen molar-refractivity contribution in [2.75, 3.05) is 22.4 Å². The molecule has 1 amide bonds. The lowest BCUT2D eigenvalue weighted by Crippen LogP contribution is -2.27. The molecule has 0 aliphatic carbocycles. The largest absolute Gasteiger partial charge is 0.326 e. The highest BCUT2D eigenvalue weighted by molar-refractivity contribution is 7.92. The summed E-state index contributed by atoms with van der Waals surface area (Å²) in [4.78, 5) is 12.2. The lowest BCUT2D eigenvalue weighted by Gasteiger charge is -2.17. The van der Waals surface area contributed by atoms with E-state index in [1.807, 2.05) is 24.3 Å². The number of sulfonamides is 1. The highest BCUT2D eigenvalue weighted by atomic mass is 35.5. The molecular formula is C18H19ClN2O3S. The van der Waals surface area contributed by atoms with Crippen LogP contribution in [0.4, 0.5) is 11.4 Å². The Morgan fingerprint density at radius 3 is 2.72 bits per heavy atom. The topological polar surface area (TPSA) is 66.5 Å². The molecule has 0 fully saturated rings. The van der Waals surface area contributed by atoms with Crippen molar-refractivity contribution in [2.24, 2.45) is 0 Å². The van der Waals surface area contributed by atoms with E-state index in [0.29, 0.717) is 42.2 Å². The zero-order valence-corrected chi connectivity index (χ0v) is 15.4. The molecule has 0 saturated carbocycles. The number of halogens is 1. The normalized spacial score (nSPS) is 13.6. The molecule has 0 radical (unpaired) electrons. The molecule has 2 aromatic carbocycles. The van der Waals surface area contributed by atoms with Crippen molar-refractivity contribution in [1.29, 1.82) is 0 Å². The molecule has 0 atom stereocenters. The third kappa shape index (κ3) is 4.14. The second-order valence-corrected chi connectivity index (χ2v) is 8.38. The van der Waals surface area contributed by atoms with Crippen molar-refractivity contribution in [3.05, 3.63) is 58.6 Å². The Kier molecular flexibility index (Phi) is 5.01. The van der Waals surface area contributed by atoms with Crippen LogP contribution in [0.25, 0.3) is 0 Å². The number of rotatable bonds is 5. The van der Waals surface area contributed by atoms with Gasteiger partial charge in [-0.15, -0.1) is 0 Å². The van der Waals surface area contributed by atoms with E-state index in [1.54, 1.807) is 18.2 Å². The van der Waals surface area contributed by atoms with Crippen molar-refractivity contribution >= 4 is 38.9 Å². The smallest absolute Gasteiger partial charge is 0.232 e. The minimum atomic E-state index is -3.31. The average molecular weight is 379 g/mol. The molecule has 7 heteroatoms. The number of hydrogen-bond acceptors (Lipinski definition) is 3. The lowest BCUT2D eigenvalue weighted by atomic mass is 10.1. The van der Waals surface area contributed by atoms with E-state index in [9.17, 15) is 13.2 Å². The highest BCUT2D eigenvalue weighted by Gasteiger charge is 2.26. The highest BCUT2D eigenvalue weighted by Crippen LogP contribution is 2.32. The molecule has 1 heterocycles. The zero-order chi connectivity index (χ0) is 18.0. The van der Waals surface area contributed by atoms with Gasteiger partial charge in [-0.25, -0.2) is 8.42 Å². The summed E-state index contributed by atoms with van der Waals surface area (Å²) in [7, 11) is -3.31. The van der Waals surface area contributed by atoms with Gasteiger partial charge in [-0.05, 0) is 42.2 Å². The Balaban J connectivity index is 1.68. The van der Waals surface area contributed by atoms with Crippen LogP contribution in [0, 0.1) is 0 Å². The summed E-state index contributed by atoms with van der Waals surface area (Å²) in [5.74, 6) is -0.135. The summed E-state index contributed by atoms with van der Waals surface area (Å²) in [5.41, 5.74) is 3.14. The first kappa shape index (κ1) is 17.8. The van der Waals surface area contributed by atoms with Crippen LogP contribution in [-0.2, 0) is 27.7 Å². The van der Waals surface area contributed by atoms with Crippen molar-refractivity contribution in [3.8, 4) is 0 Å². The number of benzene rings is 2. The molecule has 25 heavy (non-hydrogen) atoms. The molecule has 5 nitrogen and oxygen atoms in total. The molecule has 1 N–H and O–H groups in total. The molecule has 0 aromatic heterocycles. The number of aryl methyl sites for hydroxylation is 1. The maximum absolute atomic E-state index is 12.2. The Bertz CT molecular complexity index is 912. The van der Waals surface area contributed by atoms with Crippen molar-refractivity contribution < 1.29 is 13.2 Å². The quantitative estimate of drug-likeness (QED) is 0.868. The van der Waals surface area contributed by atoms with Crippen LogP contribution in [-0.4, -0.2) is 27.1 Å². The predicted octanol–water partition coefficient (Wildman–Crippen LogP) is 3.23. The second-order valence-electron chi connectivity index (χ2n) is 6.07. The minimum Gasteiger partial charge on any atom is -0.326 e. The van der Waals surface area contributed by atoms with Crippen LogP contribution in [0.15, 0.2) is 42.5 Å². The summed E-state index contributed by atoms with van der Waals surface area (Å²) in [5, 5.41) is 3.48. The van der Waals surface area contributed by atoms with Crippen LogP contribution in [0.1, 0.15) is 17.5 Å².